The monoisotopic (exact) mass is 610 g/mol. The van der Waals surface area contributed by atoms with E-state index in [-0.39, 0.29) is 29.9 Å². The molecule has 1 saturated heterocycles. The highest BCUT2D eigenvalue weighted by Crippen LogP contribution is 2.56. The quantitative estimate of drug-likeness (QED) is 0.305. The summed E-state index contributed by atoms with van der Waals surface area (Å²) in [6.45, 7) is 2.72. The number of likely N-dealkylation sites (tertiary alicyclic amines) is 1. The number of ketones is 1. The molecular formula is C33H34N6O4S. The highest BCUT2D eigenvalue weighted by molar-refractivity contribution is 8.00. The van der Waals surface area contributed by atoms with Gasteiger partial charge in [0.05, 0.1) is 17.5 Å². The van der Waals surface area contributed by atoms with Gasteiger partial charge in [-0.25, -0.2) is 0 Å². The van der Waals surface area contributed by atoms with Crippen LogP contribution in [0.4, 0.5) is 5.69 Å². The Bertz CT molecular complexity index is 1680. The summed E-state index contributed by atoms with van der Waals surface area (Å²) < 4.78 is 6.00. The van der Waals surface area contributed by atoms with E-state index in [9.17, 15) is 14.4 Å². The lowest BCUT2D eigenvalue weighted by atomic mass is 9.65. The second-order valence-corrected chi connectivity index (χ2v) is 12.7. The molecule has 2 amide bonds. The van der Waals surface area contributed by atoms with Crippen LogP contribution < -0.4 is 27.3 Å². The number of carbonyl (C=O) groups excluding carboxylic acids is 3. The second kappa shape index (κ2) is 11.6. The summed E-state index contributed by atoms with van der Waals surface area (Å²) in [6.07, 6.45) is 0.816. The Hall–Kier alpha value is -4.37. The maximum atomic E-state index is 14.2. The molecule has 2 heterocycles. The fraction of sp³-hybridized carbons (Fsp3) is 0.333. The highest BCUT2D eigenvalue weighted by atomic mass is 32.2. The second-order valence-electron chi connectivity index (χ2n) is 11.6. The van der Waals surface area contributed by atoms with Gasteiger partial charge in [-0.15, -0.1) is 0 Å². The van der Waals surface area contributed by atoms with Crippen molar-refractivity contribution in [3.05, 3.63) is 82.9 Å². The number of nitrogen functional groups attached to an aromatic ring is 1. The topological polar surface area (TPSA) is 178 Å². The normalized spacial score (nSPS) is 24.4. The summed E-state index contributed by atoms with van der Waals surface area (Å²) in [5, 5.41) is 11.5. The Balaban J connectivity index is 1.27. The molecule has 10 nitrogen and oxygen atoms in total. The number of benzene rings is 3. The van der Waals surface area contributed by atoms with Crippen molar-refractivity contribution in [1.82, 2.24) is 10.2 Å². The van der Waals surface area contributed by atoms with Crippen LogP contribution >= 0.6 is 11.8 Å². The summed E-state index contributed by atoms with van der Waals surface area (Å²) in [7, 11) is 0. The molecular weight excluding hydrogens is 576 g/mol. The number of piperidine rings is 1. The van der Waals surface area contributed by atoms with Crippen LogP contribution in [0.5, 0.6) is 11.5 Å². The Kier molecular flexibility index (Phi) is 7.84. The van der Waals surface area contributed by atoms with E-state index in [1.807, 2.05) is 55.5 Å². The molecule has 6 rings (SSSR count). The van der Waals surface area contributed by atoms with Gasteiger partial charge in [0.1, 0.15) is 23.5 Å². The van der Waals surface area contributed by atoms with Crippen LogP contribution in [0.3, 0.4) is 0 Å². The molecule has 0 aromatic heterocycles. The molecule has 1 fully saturated rings. The van der Waals surface area contributed by atoms with Crippen LogP contribution in [0.15, 0.2) is 65.6 Å². The van der Waals surface area contributed by atoms with E-state index < -0.39 is 22.9 Å². The third-order valence-electron chi connectivity index (χ3n) is 8.97. The van der Waals surface area contributed by atoms with Gasteiger partial charge in [0, 0.05) is 35.5 Å². The SMILES string of the molecule is Cc1cc(Oc2ccccc2)ccc1C1(N)C(=O)C(N)C2c3c1ccc(N)c3SC2NC(=O)C1CCN(C(=O)CC#N)CC1. The number of hydrogen-bond donors (Lipinski definition) is 4. The summed E-state index contributed by atoms with van der Waals surface area (Å²) >= 11 is 1.40. The number of carbonyl (C=O) groups is 3. The molecule has 0 saturated carbocycles. The lowest BCUT2D eigenvalue weighted by molar-refractivity contribution is -0.135. The van der Waals surface area contributed by atoms with E-state index in [0.717, 1.165) is 16.0 Å². The van der Waals surface area contributed by atoms with Crippen LogP contribution in [-0.2, 0) is 19.9 Å². The number of para-hydroxylation sites is 1. The van der Waals surface area contributed by atoms with Crippen molar-refractivity contribution in [3.8, 4) is 17.6 Å². The molecule has 3 aliphatic rings. The summed E-state index contributed by atoms with van der Waals surface area (Å²) in [4.78, 5) is 42.1. The Labute approximate surface area is 259 Å². The Morgan fingerprint density at radius 3 is 2.48 bits per heavy atom. The first kappa shape index (κ1) is 29.7. The van der Waals surface area contributed by atoms with Crippen LogP contribution in [0.1, 0.15) is 47.4 Å². The molecule has 0 radical (unpaired) electrons. The number of Topliss-reactive ketones (excluding diaryl/α,β-unsaturated/α-hetero) is 1. The van der Waals surface area contributed by atoms with Gasteiger partial charge in [0.15, 0.2) is 5.78 Å². The zero-order chi connectivity index (χ0) is 31.2. The standard InChI is InChI=1S/C33H34N6O4S/c1-18-17-21(43-20-5-3-2-4-6-20)7-8-22(18)33(37)23-9-10-24(35)29-26(23)27(28(36)30(33)41)32(44-29)38-31(42)19-12-15-39(16-13-19)25(40)11-14-34/h2-10,17,19,27-28,32H,11-13,15-16,35-37H2,1H3,(H,38,42). The zero-order valence-corrected chi connectivity index (χ0v) is 25.1. The molecule has 4 atom stereocenters. The number of hydrogen-bond acceptors (Lipinski definition) is 9. The van der Waals surface area contributed by atoms with Crippen LogP contribution in [-0.4, -0.2) is 47.0 Å². The minimum Gasteiger partial charge on any atom is -0.457 e. The molecule has 4 unspecified atom stereocenters. The van der Waals surface area contributed by atoms with E-state index in [1.54, 1.807) is 23.1 Å². The first-order valence-electron chi connectivity index (χ1n) is 14.6. The molecule has 7 N–H and O–H groups in total. The van der Waals surface area contributed by atoms with Crippen molar-refractivity contribution in [2.45, 2.75) is 54.0 Å². The van der Waals surface area contributed by atoms with Gasteiger partial charge >= 0.3 is 0 Å². The molecule has 11 heteroatoms. The summed E-state index contributed by atoms with van der Waals surface area (Å²) in [6, 6.07) is 19.3. The predicted octanol–water partition coefficient (Wildman–Crippen LogP) is 3.27. The van der Waals surface area contributed by atoms with E-state index in [1.165, 1.54) is 11.8 Å². The first-order chi connectivity index (χ1) is 21.1. The fourth-order valence-corrected chi connectivity index (χ4v) is 8.15. The first-order valence-corrected chi connectivity index (χ1v) is 15.5. The number of nitrogens with one attached hydrogen (secondary N) is 1. The molecule has 44 heavy (non-hydrogen) atoms. The number of thioether (sulfide) groups is 1. The Morgan fingerprint density at radius 2 is 1.80 bits per heavy atom. The van der Waals surface area contributed by atoms with Crippen LogP contribution in [0.25, 0.3) is 0 Å². The van der Waals surface area contributed by atoms with Gasteiger partial charge < -0.3 is 32.2 Å². The average Bonchev–Trinajstić information content (AvgIpc) is 3.40. The summed E-state index contributed by atoms with van der Waals surface area (Å²) in [5.74, 6) is -0.214. The van der Waals surface area contributed by atoms with Crippen molar-refractivity contribution < 1.29 is 19.1 Å². The molecule has 226 valence electrons. The fourth-order valence-electron chi connectivity index (χ4n) is 6.69. The van der Waals surface area contributed by atoms with Gasteiger partial charge in [-0.05, 0) is 72.4 Å². The molecule has 2 aliphatic heterocycles. The van der Waals surface area contributed by atoms with Crippen molar-refractivity contribution in [2.24, 2.45) is 17.4 Å². The Morgan fingerprint density at radius 1 is 1.09 bits per heavy atom. The van der Waals surface area contributed by atoms with Crippen LogP contribution in [0, 0.1) is 24.2 Å². The van der Waals surface area contributed by atoms with Gasteiger partial charge in [0.2, 0.25) is 11.8 Å². The van der Waals surface area contributed by atoms with E-state index >= 15 is 0 Å². The number of rotatable bonds is 6. The van der Waals surface area contributed by atoms with E-state index in [4.69, 9.17) is 27.2 Å². The number of nitriles is 1. The average molecular weight is 611 g/mol. The molecule has 3 aromatic carbocycles. The largest absolute Gasteiger partial charge is 0.457 e. The minimum atomic E-state index is -1.52. The molecule has 3 aromatic rings. The number of nitrogens with two attached hydrogens (primary N) is 3. The number of aryl methyl sites for hydroxylation is 1. The third-order valence-corrected chi connectivity index (χ3v) is 10.3. The molecule has 0 bridgehead atoms. The van der Waals surface area contributed by atoms with Gasteiger partial charge in [-0.2, -0.15) is 5.26 Å². The molecule has 0 spiro atoms. The van der Waals surface area contributed by atoms with Crippen LogP contribution in [0.2, 0.25) is 0 Å². The lowest BCUT2D eigenvalue weighted by Gasteiger charge is -2.42. The van der Waals surface area contributed by atoms with Gasteiger partial charge in [-0.1, -0.05) is 42.1 Å². The third kappa shape index (κ3) is 4.99. The van der Waals surface area contributed by atoms with Gasteiger partial charge in [-0.3, -0.25) is 14.4 Å². The van der Waals surface area contributed by atoms with E-state index in [2.05, 4.69) is 5.32 Å². The van der Waals surface area contributed by atoms with Crippen molar-refractivity contribution in [1.29, 1.82) is 5.26 Å². The van der Waals surface area contributed by atoms with E-state index in [0.29, 0.717) is 54.2 Å². The predicted molar refractivity (Wildman–Crippen MR) is 167 cm³/mol. The molecule has 1 aliphatic carbocycles. The highest BCUT2D eigenvalue weighted by Gasteiger charge is 2.56. The van der Waals surface area contributed by atoms with Crippen molar-refractivity contribution >= 4 is 35.0 Å². The number of amides is 2. The minimum absolute atomic E-state index is 0.156. The number of anilines is 1. The maximum absolute atomic E-state index is 14.2. The number of nitrogens with zero attached hydrogens (tertiary/aromatic N) is 2. The zero-order valence-electron chi connectivity index (χ0n) is 24.3. The summed E-state index contributed by atoms with van der Waals surface area (Å²) in [5.41, 5.74) is 22.1. The van der Waals surface area contributed by atoms with Crippen molar-refractivity contribution in [2.75, 3.05) is 18.8 Å². The lowest BCUT2D eigenvalue weighted by Crippen LogP contribution is -2.61. The smallest absolute Gasteiger partial charge is 0.236 e. The number of ether oxygens (including phenoxy) is 1. The van der Waals surface area contributed by atoms with Crippen molar-refractivity contribution in [3.63, 3.8) is 0 Å². The van der Waals surface area contributed by atoms with Gasteiger partial charge in [0.25, 0.3) is 0 Å². The maximum Gasteiger partial charge on any atom is 0.236 e.